The first-order valence-electron chi connectivity index (χ1n) is 9.93. The number of aryl methyl sites for hydroxylation is 2. The number of carbonyl (C=O) groups excluding carboxylic acids is 1. The van der Waals surface area contributed by atoms with Crippen molar-refractivity contribution >= 4 is 27.9 Å². The number of hydrogen-bond donors (Lipinski definition) is 1. The van der Waals surface area contributed by atoms with Crippen LogP contribution in [0.2, 0.25) is 0 Å². The van der Waals surface area contributed by atoms with E-state index in [2.05, 4.69) is 34.5 Å². The van der Waals surface area contributed by atoms with Crippen molar-refractivity contribution in [1.82, 2.24) is 0 Å². The van der Waals surface area contributed by atoms with Crippen LogP contribution in [0.1, 0.15) is 53.7 Å². The number of anilines is 2. The van der Waals surface area contributed by atoms with Gasteiger partial charge < -0.3 is 10.2 Å². The van der Waals surface area contributed by atoms with Crippen molar-refractivity contribution < 1.29 is 4.79 Å². The summed E-state index contributed by atoms with van der Waals surface area (Å²) in [5.41, 5.74) is 4.36. The molecule has 1 N–H and O–H groups in total. The van der Waals surface area contributed by atoms with Gasteiger partial charge in [-0.25, -0.2) is 0 Å². The molecule has 27 heavy (non-hydrogen) atoms. The van der Waals surface area contributed by atoms with E-state index in [1.165, 1.54) is 35.3 Å². The van der Waals surface area contributed by atoms with Crippen molar-refractivity contribution in [2.45, 2.75) is 51.4 Å². The standard InChI is InChI=1S/C22H25N3OS/c23-14-18-17-10-3-1-2-4-12-20(17)27-22(18)24-21(26)15-25-13-7-9-16-8-5-6-11-19(16)25/h5-6,8,11H,1-4,7,9-10,12-13,15H2,(H,24,26). The highest BCUT2D eigenvalue weighted by Crippen LogP contribution is 2.36. The van der Waals surface area contributed by atoms with Crippen LogP contribution in [0, 0.1) is 11.3 Å². The van der Waals surface area contributed by atoms with Gasteiger partial charge in [-0.2, -0.15) is 5.26 Å². The summed E-state index contributed by atoms with van der Waals surface area (Å²) in [4.78, 5) is 16.2. The monoisotopic (exact) mass is 379 g/mol. The van der Waals surface area contributed by atoms with Gasteiger partial charge >= 0.3 is 0 Å². The SMILES string of the molecule is N#Cc1c(NC(=O)CN2CCCc3ccccc32)sc2c1CCCCCC2. The van der Waals surface area contributed by atoms with Crippen molar-refractivity contribution in [3.8, 4) is 6.07 Å². The van der Waals surface area contributed by atoms with Crippen LogP contribution in [0.25, 0.3) is 0 Å². The Bertz CT molecular complexity index is 880. The highest BCUT2D eigenvalue weighted by molar-refractivity contribution is 7.16. The van der Waals surface area contributed by atoms with Gasteiger partial charge in [-0.1, -0.05) is 31.0 Å². The molecule has 1 aliphatic carbocycles. The third-order valence-corrected chi connectivity index (χ3v) is 6.78. The number of thiophene rings is 1. The first kappa shape index (κ1) is 18.1. The molecule has 0 bridgehead atoms. The highest BCUT2D eigenvalue weighted by Gasteiger charge is 2.22. The fraction of sp³-hybridized carbons (Fsp3) is 0.455. The van der Waals surface area contributed by atoms with E-state index >= 15 is 0 Å². The Hall–Kier alpha value is -2.32. The second kappa shape index (κ2) is 8.14. The Morgan fingerprint density at radius 2 is 1.93 bits per heavy atom. The number of nitrogens with one attached hydrogen (secondary N) is 1. The zero-order valence-electron chi connectivity index (χ0n) is 15.6. The summed E-state index contributed by atoms with van der Waals surface area (Å²) in [6.45, 7) is 1.24. The molecule has 2 aromatic rings. The van der Waals surface area contributed by atoms with Gasteiger partial charge in [0.25, 0.3) is 0 Å². The molecule has 5 heteroatoms. The van der Waals surface area contributed by atoms with E-state index < -0.39 is 0 Å². The maximum atomic E-state index is 12.8. The van der Waals surface area contributed by atoms with E-state index in [-0.39, 0.29) is 5.91 Å². The summed E-state index contributed by atoms with van der Waals surface area (Å²) in [7, 11) is 0. The fourth-order valence-electron chi connectivity index (χ4n) is 4.24. The summed E-state index contributed by atoms with van der Waals surface area (Å²) < 4.78 is 0. The molecule has 1 aliphatic heterocycles. The molecule has 0 saturated heterocycles. The van der Waals surface area contributed by atoms with Gasteiger partial charge in [-0.05, 0) is 55.7 Å². The maximum absolute atomic E-state index is 12.8. The van der Waals surface area contributed by atoms with Crippen LogP contribution in [-0.2, 0) is 24.1 Å². The van der Waals surface area contributed by atoms with Crippen LogP contribution < -0.4 is 10.2 Å². The van der Waals surface area contributed by atoms with Gasteiger partial charge in [-0.3, -0.25) is 4.79 Å². The van der Waals surface area contributed by atoms with E-state index in [9.17, 15) is 10.1 Å². The predicted molar refractivity (Wildman–Crippen MR) is 111 cm³/mol. The molecule has 1 aromatic carbocycles. The number of rotatable bonds is 3. The minimum atomic E-state index is -0.0302. The van der Waals surface area contributed by atoms with Crippen molar-refractivity contribution in [2.24, 2.45) is 0 Å². The molecule has 1 aromatic heterocycles. The lowest BCUT2D eigenvalue weighted by atomic mass is 9.97. The Morgan fingerprint density at radius 3 is 2.78 bits per heavy atom. The summed E-state index contributed by atoms with van der Waals surface area (Å²) in [6.07, 6.45) is 8.94. The highest BCUT2D eigenvalue weighted by atomic mass is 32.1. The second-order valence-corrected chi connectivity index (χ2v) is 8.54. The molecule has 1 amide bonds. The quantitative estimate of drug-likeness (QED) is 0.843. The van der Waals surface area contributed by atoms with Gasteiger partial charge in [0.2, 0.25) is 5.91 Å². The average Bonchev–Trinajstić information content (AvgIpc) is 2.97. The van der Waals surface area contributed by atoms with Gasteiger partial charge in [-0.15, -0.1) is 11.3 Å². The number of fused-ring (bicyclic) bond motifs is 2. The lowest BCUT2D eigenvalue weighted by molar-refractivity contribution is -0.115. The minimum absolute atomic E-state index is 0.0302. The van der Waals surface area contributed by atoms with Crippen LogP contribution in [0.4, 0.5) is 10.7 Å². The molecule has 0 unspecified atom stereocenters. The molecule has 0 saturated carbocycles. The number of nitriles is 1. The number of benzene rings is 1. The van der Waals surface area contributed by atoms with Gasteiger partial charge in [0.05, 0.1) is 12.1 Å². The molecule has 140 valence electrons. The number of para-hydroxylation sites is 1. The van der Waals surface area contributed by atoms with Crippen LogP contribution in [-0.4, -0.2) is 19.0 Å². The topological polar surface area (TPSA) is 56.1 Å². The smallest absolute Gasteiger partial charge is 0.244 e. The third-order valence-electron chi connectivity index (χ3n) is 5.58. The first-order valence-corrected chi connectivity index (χ1v) is 10.8. The van der Waals surface area contributed by atoms with E-state index in [4.69, 9.17) is 0 Å². The molecule has 0 spiro atoms. The minimum Gasteiger partial charge on any atom is -0.362 e. The summed E-state index contributed by atoms with van der Waals surface area (Å²) in [5.74, 6) is -0.0302. The van der Waals surface area contributed by atoms with Crippen LogP contribution in [0.3, 0.4) is 0 Å². The van der Waals surface area contributed by atoms with Gasteiger partial charge in [0, 0.05) is 17.1 Å². The van der Waals surface area contributed by atoms with Crippen LogP contribution in [0.5, 0.6) is 0 Å². The Morgan fingerprint density at radius 1 is 1.11 bits per heavy atom. The van der Waals surface area contributed by atoms with Crippen molar-refractivity contribution in [3.05, 3.63) is 45.8 Å². The molecule has 0 atom stereocenters. The van der Waals surface area contributed by atoms with Crippen molar-refractivity contribution in [2.75, 3.05) is 23.3 Å². The zero-order chi connectivity index (χ0) is 18.6. The number of nitrogens with zero attached hydrogens (tertiary/aromatic N) is 2. The van der Waals surface area contributed by atoms with Crippen LogP contribution >= 0.6 is 11.3 Å². The Kier molecular flexibility index (Phi) is 5.45. The van der Waals surface area contributed by atoms with E-state index in [1.807, 2.05) is 6.07 Å². The second-order valence-electron chi connectivity index (χ2n) is 7.44. The van der Waals surface area contributed by atoms with Gasteiger partial charge in [0.15, 0.2) is 0 Å². The molecular weight excluding hydrogens is 354 g/mol. The average molecular weight is 380 g/mol. The first-order chi connectivity index (χ1) is 13.3. The van der Waals surface area contributed by atoms with Gasteiger partial charge in [0.1, 0.15) is 11.1 Å². The van der Waals surface area contributed by atoms with Crippen molar-refractivity contribution in [1.29, 1.82) is 5.26 Å². The maximum Gasteiger partial charge on any atom is 0.244 e. The number of carbonyl (C=O) groups is 1. The predicted octanol–water partition coefficient (Wildman–Crippen LogP) is 4.67. The molecular formula is C22H25N3OS. The lowest BCUT2D eigenvalue weighted by Crippen LogP contribution is -2.36. The molecule has 2 heterocycles. The molecule has 4 rings (SSSR count). The Balaban J connectivity index is 1.51. The summed E-state index contributed by atoms with van der Waals surface area (Å²) >= 11 is 1.61. The summed E-state index contributed by atoms with van der Waals surface area (Å²) in [6, 6.07) is 10.7. The number of amides is 1. The normalized spacial score (nSPS) is 16.5. The van der Waals surface area contributed by atoms with E-state index in [0.29, 0.717) is 12.1 Å². The third kappa shape index (κ3) is 3.86. The van der Waals surface area contributed by atoms with Crippen LogP contribution in [0.15, 0.2) is 24.3 Å². The lowest BCUT2D eigenvalue weighted by Gasteiger charge is -2.30. The van der Waals surface area contributed by atoms with E-state index in [1.54, 1.807) is 11.3 Å². The molecule has 4 nitrogen and oxygen atoms in total. The van der Waals surface area contributed by atoms with E-state index in [0.717, 1.165) is 49.3 Å². The van der Waals surface area contributed by atoms with Crippen molar-refractivity contribution in [3.63, 3.8) is 0 Å². The molecule has 0 fully saturated rings. The molecule has 0 radical (unpaired) electrons. The molecule has 2 aliphatic rings. The number of hydrogen-bond acceptors (Lipinski definition) is 4. The largest absolute Gasteiger partial charge is 0.362 e. The summed E-state index contributed by atoms with van der Waals surface area (Å²) in [5, 5.41) is 13.5. The zero-order valence-corrected chi connectivity index (χ0v) is 16.4. The fourth-order valence-corrected chi connectivity index (χ4v) is 5.50. The Labute approximate surface area is 164 Å².